The Kier molecular flexibility index (Phi) is 8.50. The zero-order valence-corrected chi connectivity index (χ0v) is 18.5. The number of carboxylic acid groups (broad SMARTS) is 2. The van der Waals surface area contributed by atoms with Gasteiger partial charge in [-0.25, -0.2) is 9.59 Å². The van der Waals surface area contributed by atoms with Crippen molar-refractivity contribution >= 4 is 24.1 Å². The lowest BCUT2D eigenvalue weighted by Crippen LogP contribution is -2.51. The Hall–Kier alpha value is -2.52. The number of carbonyl (C=O) groups excluding carboxylic acids is 2. The smallest absolute Gasteiger partial charge is 0.407 e. The van der Waals surface area contributed by atoms with Gasteiger partial charge in [-0.15, -0.1) is 0 Å². The molecule has 2 aliphatic rings. The van der Waals surface area contributed by atoms with E-state index in [1.807, 2.05) is 0 Å². The van der Waals surface area contributed by atoms with Crippen LogP contribution in [-0.4, -0.2) is 57.6 Å². The highest BCUT2D eigenvalue weighted by Gasteiger charge is 2.39. The van der Waals surface area contributed by atoms with E-state index in [9.17, 15) is 19.2 Å². The molecule has 10 nitrogen and oxygen atoms in total. The van der Waals surface area contributed by atoms with Gasteiger partial charge in [0.05, 0.1) is 11.8 Å². The molecule has 0 aromatic rings. The van der Waals surface area contributed by atoms with E-state index >= 15 is 0 Å². The van der Waals surface area contributed by atoms with Crippen LogP contribution in [0.1, 0.15) is 67.2 Å². The Labute approximate surface area is 176 Å². The number of hydrogen-bond acceptors (Lipinski definition) is 6. The summed E-state index contributed by atoms with van der Waals surface area (Å²) in [6, 6.07) is -0.560. The first-order chi connectivity index (χ1) is 13.6. The average molecular weight is 430 g/mol. The summed E-state index contributed by atoms with van der Waals surface area (Å²) < 4.78 is 10.1. The van der Waals surface area contributed by atoms with Crippen molar-refractivity contribution < 1.29 is 38.9 Å². The zero-order chi connectivity index (χ0) is 23.3. The van der Waals surface area contributed by atoms with Crippen molar-refractivity contribution in [3.63, 3.8) is 0 Å². The number of hydrogen-bond donors (Lipinski definition) is 4. The summed E-state index contributed by atoms with van der Waals surface area (Å²) in [4.78, 5) is 43.9. The number of nitrogens with one attached hydrogen (secondary N) is 2. The molecule has 30 heavy (non-hydrogen) atoms. The largest absolute Gasteiger partial charge is 0.481 e. The van der Waals surface area contributed by atoms with E-state index < -0.39 is 47.2 Å². The normalized spacial score (nSPS) is 25.3. The highest BCUT2D eigenvalue weighted by atomic mass is 16.6. The van der Waals surface area contributed by atoms with Crippen LogP contribution in [0.5, 0.6) is 0 Å². The average Bonchev–Trinajstić information content (AvgIpc) is 2.44. The van der Waals surface area contributed by atoms with Gasteiger partial charge < -0.3 is 30.3 Å². The quantitative estimate of drug-likeness (QED) is 0.531. The third-order valence-electron chi connectivity index (χ3n) is 4.59. The molecule has 0 aliphatic heterocycles. The van der Waals surface area contributed by atoms with Crippen LogP contribution in [0, 0.1) is 11.8 Å². The highest BCUT2D eigenvalue weighted by molar-refractivity contribution is 5.75. The lowest BCUT2D eigenvalue weighted by atomic mass is 9.80. The second kappa shape index (κ2) is 9.99. The molecule has 4 atom stereocenters. The van der Waals surface area contributed by atoms with Gasteiger partial charge in [-0.1, -0.05) is 0 Å². The van der Waals surface area contributed by atoms with Crippen LogP contribution in [0.4, 0.5) is 9.59 Å². The predicted molar refractivity (Wildman–Crippen MR) is 107 cm³/mol. The first-order valence-corrected chi connectivity index (χ1v) is 10.0. The molecule has 2 amide bonds. The maximum Gasteiger partial charge on any atom is 0.407 e. The monoisotopic (exact) mass is 430 g/mol. The van der Waals surface area contributed by atoms with E-state index in [0.717, 1.165) is 0 Å². The molecular weight excluding hydrogens is 396 g/mol. The molecule has 0 saturated heterocycles. The number of carboxylic acids is 2. The summed E-state index contributed by atoms with van der Waals surface area (Å²) in [5, 5.41) is 22.6. The Bertz CT molecular complexity index is 594. The Balaban J connectivity index is 0.000000300. The van der Waals surface area contributed by atoms with Gasteiger partial charge in [-0.05, 0) is 67.2 Å². The number of ether oxygens (including phenoxy) is 2. The van der Waals surface area contributed by atoms with Gasteiger partial charge in [-0.3, -0.25) is 9.59 Å². The number of alkyl carbamates (subject to hydrolysis) is 2. The Morgan fingerprint density at radius 1 is 0.667 bits per heavy atom. The second-order valence-electron chi connectivity index (χ2n) is 9.55. The molecule has 0 heterocycles. The number of carbonyl (C=O) groups is 4. The van der Waals surface area contributed by atoms with Crippen molar-refractivity contribution in [2.24, 2.45) is 11.8 Å². The van der Waals surface area contributed by atoms with Crippen molar-refractivity contribution in [1.29, 1.82) is 0 Å². The first-order valence-electron chi connectivity index (χ1n) is 10.0. The van der Waals surface area contributed by atoms with Crippen molar-refractivity contribution in [2.75, 3.05) is 0 Å². The van der Waals surface area contributed by atoms with Gasteiger partial charge in [0, 0.05) is 12.1 Å². The molecule has 2 fully saturated rings. The lowest BCUT2D eigenvalue weighted by Gasteiger charge is -2.34. The van der Waals surface area contributed by atoms with Crippen LogP contribution in [0.2, 0.25) is 0 Å². The summed E-state index contributed by atoms with van der Waals surface area (Å²) in [5.74, 6) is -2.64. The number of amides is 2. The number of rotatable bonds is 4. The van der Waals surface area contributed by atoms with E-state index in [2.05, 4.69) is 10.6 Å². The standard InChI is InChI=1S/2C10H17NO4/c2*1-10(2,3)15-9(14)11-7-5-4-6(7)8(12)13/h2*6-7H,4-5H2,1-3H3,(H,11,14)(H,12,13)/t2*6-,7-/m10/s1. The van der Waals surface area contributed by atoms with Gasteiger partial charge in [0.1, 0.15) is 11.2 Å². The van der Waals surface area contributed by atoms with E-state index in [1.54, 1.807) is 41.5 Å². The fraction of sp³-hybridized carbons (Fsp3) is 0.800. The molecule has 0 bridgehead atoms. The molecule has 0 unspecified atom stereocenters. The first kappa shape index (κ1) is 25.5. The third kappa shape index (κ3) is 8.87. The Morgan fingerprint density at radius 2 is 0.967 bits per heavy atom. The minimum absolute atomic E-state index is 0.280. The van der Waals surface area contributed by atoms with Crippen molar-refractivity contribution in [3.05, 3.63) is 0 Å². The molecule has 0 radical (unpaired) electrons. The van der Waals surface area contributed by atoms with Gasteiger partial charge in [-0.2, -0.15) is 0 Å². The molecule has 2 aliphatic carbocycles. The van der Waals surface area contributed by atoms with Crippen molar-refractivity contribution in [3.8, 4) is 0 Å². The zero-order valence-electron chi connectivity index (χ0n) is 18.5. The van der Waals surface area contributed by atoms with Crippen LogP contribution < -0.4 is 10.6 Å². The van der Waals surface area contributed by atoms with Crippen LogP contribution in [0.15, 0.2) is 0 Å². The molecule has 2 saturated carbocycles. The highest BCUT2D eigenvalue weighted by Crippen LogP contribution is 2.28. The van der Waals surface area contributed by atoms with Crippen LogP contribution in [0.25, 0.3) is 0 Å². The van der Waals surface area contributed by atoms with E-state index in [-0.39, 0.29) is 12.1 Å². The van der Waals surface area contributed by atoms with Crippen molar-refractivity contribution in [1.82, 2.24) is 10.6 Å². The molecule has 172 valence electrons. The SMILES string of the molecule is CC(C)(C)OC(=O)N[C@@H]1CC[C@H]1C(=O)O.CC(C)(C)OC(=O)N[C@H]1CC[C@@H]1C(=O)O. The van der Waals surface area contributed by atoms with Crippen LogP contribution in [-0.2, 0) is 19.1 Å². The van der Waals surface area contributed by atoms with Gasteiger partial charge in [0.25, 0.3) is 0 Å². The summed E-state index contributed by atoms with van der Waals surface area (Å²) in [7, 11) is 0. The fourth-order valence-corrected chi connectivity index (χ4v) is 2.85. The van der Waals surface area contributed by atoms with E-state index in [1.165, 1.54) is 0 Å². The molecule has 10 heteroatoms. The second-order valence-corrected chi connectivity index (χ2v) is 9.55. The van der Waals surface area contributed by atoms with Gasteiger partial charge >= 0.3 is 24.1 Å². The van der Waals surface area contributed by atoms with E-state index in [4.69, 9.17) is 19.7 Å². The van der Waals surface area contributed by atoms with Gasteiger partial charge in [0.15, 0.2) is 0 Å². The minimum Gasteiger partial charge on any atom is -0.481 e. The Morgan fingerprint density at radius 3 is 1.13 bits per heavy atom. The molecule has 4 N–H and O–H groups in total. The summed E-state index contributed by atoms with van der Waals surface area (Å²) in [6.07, 6.45) is 1.56. The summed E-state index contributed by atoms with van der Waals surface area (Å²) >= 11 is 0. The van der Waals surface area contributed by atoms with Crippen LogP contribution >= 0.6 is 0 Å². The maximum atomic E-state index is 11.3. The minimum atomic E-state index is -0.859. The molecule has 0 aromatic heterocycles. The summed E-state index contributed by atoms with van der Waals surface area (Å²) in [6.45, 7) is 10.6. The predicted octanol–water partition coefficient (Wildman–Crippen LogP) is 2.75. The lowest BCUT2D eigenvalue weighted by molar-refractivity contribution is -0.146. The summed E-state index contributed by atoms with van der Waals surface area (Å²) in [5.41, 5.74) is -1.10. The van der Waals surface area contributed by atoms with Crippen molar-refractivity contribution in [2.45, 2.75) is 90.5 Å². The third-order valence-corrected chi connectivity index (χ3v) is 4.59. The molecule has 0 aromatic carbocycles. The van der Waals surface area contributed by atoms with Crippen LogP contribution in [0.3, 0.4) is 0 Å². The fourth-order valence-electron chi connectivity index (χ4n) is 2.85. The number of aliphatic carboxylic acids is 2. The van der Waals surface area contributed by atoms with E-state index in [0.29, 0.717) is 25.7 Å². The topological polar surface area (TPSA) is 151 Å². The molecular formula is C20H34N2O8. The molecule has 0 spiro atoms. The van der Waals surface area contributed by atoms with Gasteiger partial charge in [0.2, 0.25) is 0 Å². The molecule has 2 rings (SSSR count). The maximum absolute atomic E-state index is 11.3.